The molecule has 1 atom stereocenters. The van der Waals surface area contributed by atoms with Gasteiger partial charge in [0.2, 0.25) is 0 Å². The van der Waals surface area contributed by atoms with E-state index in [4.69, 9.17) is 16.3 Å². The van der Waals surface area contributed by atoms with Gasteiger partial charge in [-0.2, -0.15) is 0 Å². The van der Waals surface area contributed by atoms with Crippen LogP contribution in [-0.4, -0.2) is 7.11 Å². The van der Waals surface area contributed by atoms with Crippen LogP contribution in [0, 0.1) is 12.8 Å². The highest BCUT2D eigenvalue weighted by Crippen LogP contribution is 2.28. The van der Waals surface area contributed by atoms with Gasteiger partial charge in [-0.3, -0.25) is 0 Å². The first-order chi connectivity index (χ1) is 7.08. The molecule has 1 unspecified atom stereocenters. The molecule has 0 aliphatic rings. The van der Waals surface area contributed by atoms with E-state index in [1.165, 1.54) is 0 Å². The summed E-state index contributed by atoms with van der Waals surface area (Å²) in [5, 5.41) is 0.794. The Bertz CT molecular complexity index is 358. The first-order valence-electron chi connectivity index (χ1n) is 5.04. The van der Waals surface area contributed by atoms with Crippen molar-refractivity contribution in [3.63, 3.8) is 0 Å². The van der Waals surface area contributed by atoms with Gasteiger partial charge < -0.3 is 4.74 Å². The molecule has 0 amide bonds. The summed E-state index contributed by atoms with van der Waals surface area (Å²) in [6, 6.07) is 3.96. The monoisotopic (exact) mass is 224 g/mol. The Morgan fingerprint density at radius 2 is 2.20 bits per heavy atom. The van der Waals surface area contributed by atoms with Crippen molar-refractivity contribution in [2.75, 3.05) is 7.11 Å². The van der Waals surface area contributed by atoms with Gasteiger partial charge in [0.15, 0.2) is 0 Å². The molecule has 0 bridgehead atoms. The lowest BCUT2D eigenvalue weighted by Crippen LogP contribution is -1.99. The fraction of sp³-hybridized carbons (Fsp3) is 0.385. The second kappa shape index (κ2) is 5.22. The number of ether oxygens (including phenoxy) is 1. The van der Waals surface area contributed by atoms with Crippen molar-refractivity contribution in [3.05, 3.63) is 40.9 Å². The zero-order chi connectivity index (χ0) is 11.4. The second-order valence-electron chi connectivity index (χ2n) is 3.83. The summed E-state index contributed by atoms with van der Waals surface area (Å²) in [4.78, 5) is 0. The van der Waals surface area contributed by atoms with Gasteiger partial charge in [0.05, 0.1) is 7.11 Å². The van der Waals surface area contributed by atoms with Crippen LogP contribution in [0.5, 0.6) is 5.75 Å². The molecule has 0 N–H and O–H groups in total. The van der Waals surface area contributed by atoms with Gasteiger partial charge in [-0.25, -0.2) is 0 Å². The fourth-order valence-electron chi connectivity index (χ4n) is 1.48. The molecule has 1 aromatic rings. The van der Waals surface area contributed by atoms with E-state index in [2.05, 4.69) is 13.5 Å². The van der Waals surface area contributed by atoms with Gasteiger partial charge >= 0.3 is 0 Å². The SMILES string of the molecule is C=CC(C)Cc1cc(Cl)c(C)cc1OC. The quantitative estimate of drug-likeness (QED) is 0.702. The van der Waals surface area contributed by atoms with Crippen molar-refractivity contribution in [3.8, 4) is 5.75 Å². The first kappa shape index (κ1) is 12.1. The normalized spacial score (nSPS) is 12.3. The third kappa shape index (κ3) is 3.00. The van der Waals surface area contributed by atoms with Gasteiger partial charge in [0, 0.05) is 5.02 Å². The van der Waals surface area contributed by atoms with Crippen molar-refractivity contribution < 1.29 is 4.74 Å². The third-order valence-corrected chi connectivity index (χ3v) is 2.91. The van der Waals surface area contributed by atoms with Crippen molar-refractivity contribution >= 4 is 11.6 Å². The predicted molar refractivity (Wildman–Crippen MR) is 65.8 cm³/mol. The maximum atomic E-state index is 6.09. The first-order valence-corrected chi connectivity index (χ1v) is 5.41. The number of rotatable bonds is 4. The Hall–Kier alpha value is -0.950. The largest absolute Gasteiger partial charge is 0.496 e. The Labute approximate surface area is 96.7 Å². The Morgan fingerprint density at radius 3 is 2.73 bits per heavy atom. The molecule has 1 nitrogen and oxygen atoms in total. The number of methoxy groups -OCH3 is 1. The van der Waals surface area contributed by atoms with Crippen LogP contribution in [0.2, 0.25) is 5.02 Å². The topological polar surface area (TPSA) is 9.23 Å². The molecule has 0 fully saturated rings. The summed E-state index contributed by atoms with van der Waals surface area (Å²) < 4.78 is 5.33. The van der Waals surface area contributed by atoms with Gasteiger partial charge in [0.25, 0.3) is 0 Å². The van der Waals surface area contributed by atoms with E-state index in [0.29, 0.717) is 5.92 Å². The van der Waals surface area contributed by atoms with E-state index in [1.54, 1.807) is 7.11 Å². The number of allylic oxidation sites excluding steroid dienone is 1. The second-order valence-corrected chi connectivity index (χ2v) is 4.24. The molecule has 0 saturated carbocycles. The molecule has 0 aliphatic carbocycles. The summed E-state index contributed by atoms with van der Waals surface area (Å²) in [6.07, 6.45) is 2.85. The van der Waals surface area contributed by atoms with Crippen LogP contribution in [0.4, 0.5) is 0 Å². The average Bonchev–Trinajstić information content (AvgIpc) is 2.22. The average molecular weight is 225 g/mol. The van der Waals surface area contributed by atoms with E-state index in [-0.39, 0.29) is 0 Å². The van der Waals surface area contributed by atoms with E-state index in [0.717, 1.165) is 28.3 Å². The predicted octanol–water partition coefficient (Wildman–Crippen LogP) is 4.02. The summed E-state index contributed by atoms with van der Waals surface area (Å²) in [6.45, 7) is 7.88. The number of benzene rings is 1. The van der Waals surface area contributed by atoms with E-state index in [9.17, 15) is 0 Å². The number of halogens is 1. The van der Waals surface area contributed by atoms with Crippen LogP contribution in [0.25, 0.3) is 0 Å². The molecular formula is C13H17ClO. The lowest BCUT2D eigenvalue weighted by Gasteiger charge is -2.13. The lowest BCUT2D eigenvalue weighted by molar-refractivity contribution is 0.407. The molecule has 0 saturated heterocycles. The molecule has 82 valence electrons. The zero-order valence-electron chi connectivity index (χ0n) is 9.51. The minimum Gasteiger partial charge on any atom is -0.496 e. The Kier molecular flexibility index (Phi) is 4.22. The fourth-order valence-corrected chi connectivity index (χ4v) is 1.66. The van der Waals surface area contributed by atoms with Crippen molar-refractivity contribution in [1.29, 1.82) is 0 Å². The van der Waals surface area contributed by atoms with Crippen LogP contribution in [0.1, 0.15) is 18.1 Å². The maximum Gasteiger partial charge on any atom is 0.122 e. The molecular weight excluding hydrogens is 208 g/mol. The lowest BCUT2D eigenvalue weighted by atomic mass is 9.99. The summed E-state index contributed by atoms with van der Waals surface area (Å²) in [5.74, 6) is 1.34. The van der Waals surface area contributed by atoms with Gasteiger partial charge in [-0.15, -0.1) is 6.58 Å². The van der Waals surface area contributed by atoms with Crippen LogP contribution < -0.4 is 4.74 Å². The third-order valence-electron chi connectivity index (χ3n) is 2.51. The van der Waals surface area contributed by atoms with Crippen LogP contribution in [0.15, 0.2) is 24.8 Å². The molecule has 15 heavy (non-hydrogen) atoms. The molecule has 0 radical (unpaired) electrons. The van der Waals surface area contributed by atoms with Crippen LogP contribution in [-0.2, 0) is 6.42 Å². The molecule has 1 aromatic carbocycles. The number of hydrogen-bond acceptors (Lipinski definition) is 1. The standard InChI is InChI=1S/C13H17ClO/c1-5-9(2)6-11-8-12(14)10(3)7-13(11)15-4/h5,7-9H,1,6H2,2-4H3. The maximum absolute atomic E-state index is 6.09. The van der Waals surface area contributed by atoms with E-state index >= 15 is 0 Å². The molecule has 2 heteroatoms. The summed E-state index contributed by atoms with van der Waals surface area (Å²) >= 11 is 6.09. The van der Waals surface area contributed by atoms with Gasteiger partial charge in [0.1, 0.15) is 5.75 Å². The molecule has 1 rings (SSSR count). The van der Waals surface area contributed by atoms with E-state index < -0.39 is 0 Å². The Balaban J connectivity index is 3.04. The minimum atomic E-state index is 0.428. The van der Waals surface area contributed by atoms with Crippen molar-refractivity contribution in [2.45, 2.75) is 20.3 Å². The highest BCUT2D eigenvalue weighted by Gasteiger charge is 2.08. The Morgan fingerprint density at radius 1 is 1.53 bits per heavy atom. The van der Waals surface area contributed by atoms with Crippen molar-refractivity contribution in [1.82, 2.24) is 0 Å². The molecule has 0 heterocycles. The summed E-state index contributed by atoms with van der Waals surface area (Å²) in [7, 11) is 1.69. The molecule has 0 aromatic heterocycles. The highest BCUT2D eigenvalue weighted by molar-refractivity contribution is 6.31. The summed E-state index contributed by atoms with van der Waals surface area (Å²) in [5.41, 5.74) is 2.18. The number of hydrogen-bond donors (Lipinski definition) is 0. The highest BCUT2D eigenvalue weighted by atomic mass is 35.5. The molecule has 0 aliphatic heterocycles. The van der Waals surface area contributed by atoms with Crippen molar-refractivity contribution in [2.24, 2.45) is 5.92 Å². The minimum absolute atomic E-state index is 0.428. The van der Waals surface area contributed by atoms with Crippen LogP contribution in [0.3, 0.4) is 0 Å². The zero-order valence-corrected chi connectivity index (χ0v) is 10.3. The van der Waals surface area contributed by atoms with Crippen LogP contribution >= 0.6 is 11.6 Å². The van der Waals surface area contributed by atoms with Gasteiger partial charge in [-0.05, 0) is 42.5 Å². The smallest absolute Gasteiger partial charge is 0.122 e. The molecule has 0 spiro atoms. The number of aryl methyl sites for hydroxylation is 1. The van der Waals surface area contributed by atoms with Gasteiger partial charge in [-0.1, -0.05) is 24.6 Å². The van der Waals surface area contributed by atoms with E-state index in [1.807, 2.05) is 25.1 Å².